The Morgan fingerprint density at radius 3 is 2.95 bits per heavy atom. The molecule has 1 aromatic carbocycles. The van der Waals surface area contributed by atoms with Crippen molar-refractivity contribution < 1.29 is 13.9 Å². The van der Waals surface area contributed by atoms with Gasteiger partial charge in [0.25, 0.3) is 0 Å². The lowest BCUT2D eigenvalue weighted by atomic mass is 10.1. The van der Waals surface area contributed by atoms with Gasteiger partial charge in [-0.05, 0) is 25.1 Å². The van der Waals surface area contributed by atoms with E-state index in [-0.39, 0.29) is 5.82 Å². The lowest BCUT2D eigenvalue weighted by molar-refractivity contribution is 0.249. The largest absolute Gasteiger partial charge is 0.496 e. The molecule has 0 unspecified atom stereocenters. The second-order valence-electron chi connectivity index (χ2n) is 4.19. The Morgan fingerprint density at radius 1 is 1.50 bits per heavy atom. The van der Waals surface area contributed by atoms with Crippen molar-refractivity contribution in [3.05, 3.63) is 42.0 Å². The predicted molar refractivity (Wildman–Crippen MR) is 72.1 cm³/mol. The summed E-state index contributed by atoms with van der Waals surface area (Å²) in [5, 5.41) is 11.6. The monoisotopic (exact) mass is 278 g/mol. The van der Waals surface area contributed by atoms with Crippen LogP contribution in [-0.4, -0.2) is 23.3 Å². The number of carbonyl (C=O) groups excluding carboxylic acids is 1. The van der Waals surface area contributed by atoms with E-state index in [0.29, 0.717) is 17.0 Å². The highest BCUT2D eigenvalue weighted by Crippen LogP contribution is 2.25. The summed E-state index contributed by atoms with van der Waals surface area (Å²) in [5.74, 6) is 0.132. The van der Waals surface area contributed by atoms with Crippen LogP contribution < -0.4 is 15.4 Å². The second-order valence-corrected chi connectivity index (χ2v) is 4.19. The summed E-state index contributed by atoms with van der Waals surface area (Å²) >= 11 is 0. The maximum atomic E-state index is 13.3. The summed E-state index contributed by atoms with van der Waals surface area (Å²) in [6.45, 7) is 1.74. The van der Waals surface area contributed by atoms with Crippen LogP contribution in [0.5, 0.6) is 5.75 Å². The van der Waals surface area contributed by atoms with E-state index in [1.165, 1.54) is 31.5 Å². The minimum Gasteiger partial charge on any atom is -0.496 e. The first kappa shape index (κ1) is 13.9. The summed E-state index contributed by atoms with van der Waals surface area (Å²) < 4.78 is 18.4. The minimum absolute atomic E-state index is 0.385. The Morgan fingerprint density at radius 2 is 2.30 bits per heavy atom. The van der Waals surface area contributed by atoms with Crippen molar-refractivity contribution >= 4 is 11.7 Å². The van der Waals surface area contributed by atoms with Crippen molar-refractivity contribution in [1.29, 1.82) is 0 Å². The zero-order chi connectivity index (χ0) is 14.5. The predicted octanol–water partition coefficient (Wildman–Crippen LogP) is 2.44. The molecule has 1 aromatic heterocycles. The number of aromatic nitrogens is 2. The molecule has 0 fully saturated rings. The number of aromatic amines is 1. The van der Waals surface area contributed by atoms with Gasteiger partial charge in [-0.1, -0.05) is 0 Å². The number of methoxy groups -OCH3 is 1. The highest BCUT2D eigenvalue weighted by molar-refractivity contribution is 5.89. The number of benzene rings is 1. The SMILES string of the molecule is COc1ccc(F)cc1[C@@H](C)NC(=O)Nc1cn[nH]c1. The number of ether oxygens (including phenoxy) is 1. The van der Waals surface area contributed by atoms with Crippen LogP contribution in [0.15, 0.2) is 30.6 Å². The van der Waals surface area contributed by atoms with Gasteiger partial charge in [0.15, 0.2) is 0 Å². The highest BCUT2D eigenvalue weighted by Gasteiger charge is 2.15. The molecule has 2 rings (SSSR count). The summed E-state index contributed by atoms with van der Waals surface area (Å²) in [4.78, 5) is 11.8. The molecule has 0 aliphatic rings. The van der Waals surface area contributed by atoms with Gasteiger partial charge in [0.2, 0.25) is 0 Å². The summed E-state index contributed by atoms with van der Waals surface area (Å²) in [7, 11) is 1.50. The molecule has 3 N–H and O–H groups in total. The molecule has 2 amide bonds. The van der Waals surface area contributed by atoms with Crippen molar-refractivity contribution in [2.24, 2.45) is 0 Å². The average Bonchev–Trinajstić information content (AvgIpc) is 2.91. The number of nitrogens with zero attached hydrogens (tertiary/aromatic N) is 1. The first-order valence-corrected chi connectivity index (χ1v) is 6.00. The fourth-order valence-electron chi connectivity index (χ4n) is 1.80. The number of H-pyrrole nitrogens is 1. The third-order valence-corrected chi connectivity index (χ3v) is 2.76. The van der Waals surface area contributed by atoms with E-state index in [4.69, 9.17) is 4.74 Å². The van der Waals surface area contributed by atoms with Gasteiger partial charge >= 0.3 is 6.03 Å². The van der Waals surface area contributed by atoms with Crippen molar-refractivity contribution in [3.63, 3.8) is 0 Å². The third kappa shape index (κ3) is 3.25. The molecule has 0 saturated carbocycles. The molecule has 0 bridgehead atoms. The number of carbonyl (C=O) groups is 1. The minimum atomic E-state index is -0.412. The molecule has 106 valence electrons. The molecule has 7 heteroatoms. The number of nitrogens with one attached hydrogen (secondary N) is 3. The van der Waals surface area contributed by atoms with Gasteiger partial charge in [-0.15, -0.1) is 0 Å². The van der Waals surface area contributed by atoms with Gasteiger partial charge in [0.05, 0.1) is 25.0 Å². The molecule has 0 spiro atoms. The quantitative estimate of drug-likeness (QED) is 0.803. The molecule has 6 nitrogen and oxygen atoms in total. The fourth-order valence-corrected chi connectivity index (χ4v) is 1.80. The van der Waals surface area contributed by atoms with Crippen LogP contribution in [0.3, 0.4) is 0 Å². The van der Waals surface area contributed by atoms with Crippen molar-refractivity contribution in [3.8, 4) is 5.75 Å². The standard InChI is InChI=1S/C13H15FN4O2/c1-8(11-5-9(14)3-4-12(11)20-2)17-13(19)18-10-6-15-16-7-10/h3-8H,1-2H3,(H,15,16)(H2,17,18,19)/t8-/m1/s1. The summed E-state index contributed by atoms with van der Waals surface area (Å²) in [6.07, 6.45) is 3.03. The zero-order valence-electron chi connectivity index (χ0n) is 11.1. The molecule has 0 radical (unpaired) electrons. The van der Waals surface area contributed by atoms with Crippen LogP contribution in [-0.2, 0) is 0 Å². The Bertz CT molecular complexity index is 586. The van der Waals surface area contributed by atoms with Gasteiger partial charge in [-0.3, -0.25) is 5.10 Å². The maximum Gasteiger partial charge on any atom is 0.319 e. The van der Waals surface area contributed by atoms with Gasteiger partial charge in [-0.2, -0.15) is 5.10 Å². The smallest absolute Gasteiger partial charge is 0.319 e. The molecular formula is C13H15FN4O2. The molecule has 20 heavy (non-hydrogen) atoms. The maximum absolute atomic E-state index is 13.3. The molecular weight excluding hydrogens is 263 g/mol. The van der Waals surface area contributed by atoms with E-state index in [9.17, 15) is 9.18 Å². The van der Waals surface area contributed by atoms with Crippen LogP contribution in [0.4, 0.5) is 14.9 Å². The Labute approximate surface area is 115 Å². The molecule has 1 heterocycles. The van der Waals surface area contributed by atoms with Gasteiger partial charge in [0.1, 0.15) is 11.6 Å². The molecule has 2 aromatic rings. The van der Waals surface area contributed by atoms with Crippen LogP contribution in [0.25, 0.3) is 0 Å². The van der Waals surface area contributed by atoms with E-state index in [0.717, 1.165) is 0 Å². The first-order chi connectivity index (χ1) is 9.60. The normalized spacial score (nSPS) is 11.8. The van der Waals surface area contributed by atoms with Gasteiger partial charge in [0, 0.05) is 11.8 Å². The van der Waals surface area contributed by atoms with Crippen molar-refractivity contribution in [2.75, 3.05) is 12.4 Å². The Hall–Kier alpha value is -2.57. The number of halogens is 1. The third-order valence-electron chi connectivity index (χ3n) is 2.76. The number of hydrogen-bond acceptors (Lipinski definition) is 3. The summed E-state index contributed by atoms with van der Waals surface area (Å²) in [5.41, 5.74) is 1.11. The Kier molecular flexibility index (Phi) is 4.19. The van der Waals surface area contributed by atoms with E-state index >= 15 is 0 Å². The fraction of sp³-hybridized carbons (Fsp3) is 0.231. The number of amides is 2. The number of hydrogen-bond donors (Lipinski definition) is 3. The van der Waals surface area contributed by atoms with Crippen LogP contribution >= 0.6 is 0 Å². The molecule has 0 saturated heterocycles. The molecule has 0 aliphatic carbocycles. The lowest BCUT2D eigenvalue weighted by Gasteiger charge is -2.17. The number of anilines is 1. The topological polar surface area (TPSA) is 79.0 Å². The first-order valence-electron chi connectivity index (χ1n) is 6.00. The lowest BCUT2D eigenvalue weighted by Crippen LogP contribution is -2.31. The molecule has 0 aliphatic heterocycles. The average molecular weight is 278 g/mol. The van der Waals surface area contributed by atoms with E-state index in [2.05, 4.69) is 20.8 Å². The number of urea groups is 1. The second kappa shape index (κ2) is 6.05. The Balaban J connectivity index is 2.06. The van der Waals surface area contributed by atoms with Crippen LogP contribution in [0.1, 0.15) is 18.5 Å². The zero-order valence-corrected chi connectivity index (χ0v) is 11.1. The van der Waals surface area contributed by atoms with Gasteiger partial charge < -0.3 is 15.4 Å². The van der Waals surface area contributed by atoms with Crippen molar-refractivity contribution in [1.82, 2.24) is 15.5 Å². The van der Waals surface area contributed by atoms with E-state index in [1.54, 1.807) is 13.1 Å². The van der Waals surface area contributed by atoms with E-state index < -0.39 is 12.1 Å². The van der Waals surface area contributed by atoms with Crippen LogP contribution in [0.2, 0.25) is 0 Å². The van der Waals surface area contributed by atoms with Crippen LogP contribution in [0, 0.1) is 5.82 Å². The summed E-state index contributed by atoms with van der Waals surface area (Å²) in [6, 6.07) is 3.34. The van der Waals surface area contributed by atoms with E-state index in [1.807, 2.05) is 0 Å². The van der Waals surface area contributed by atoms with Crippen molar-refractivity contribution in [2.45, 2.75) is 13.0 Å². The number of rotatable bonds is 4. The van der Waals surface area contributed by atoms with Gasteiger partial charge in [-0.25, -0.2) is 9.18 Å². The molecule has 1 atom stereocenters. The highest BCUT2D eigenvalue weighted by atomic mass is 19.1.